The Morgan fingerprint density at radius 3 is 3.00 bits per heavy atom. The van der Waals surface area contributed by atoms with Crippen molar-refractivity contribution in [2.24, 2.45) is 0 Å². The molecule has 1 aromatic heterocycles. The molecular formula is C19H21ClN2O3S. The van der Waals surface area contributed by atoms with Crippen molar-refractivity contribution in [3.8, 4) is 5.75 Å². The third kappa shape index (κ3) is 4.77. The monoisotopic (exact) mass is 392 g/mol. The van der Waals surface area contributed by atoms with Gasteiger partial charge in [0.25, 0.3) is 5.91 Å². The van der Waals surface area contributed by atoms with Crippen molar-refractivity contribution in [1.82, 2.24) is 10.2 Å². The quantitative estimate of drug-likeness (QED) is 0.821. The standard InChI is InChI=1S/C19H21ClN2O3S/c1-13-10-15(20)2-3-16(13)25-12-18(23)21-7-4-19(24)22-8-5-17-14(11-22)6-9-26-17/h2-3,6,9-10H,4-5,7-8,11-12H2,1H3,(H,21,23). The summed E-state index contributed by atoms with van der Waals surface area (Å²) in [6.45, 7) is 3.52. The summed E-state index contributed by atoms with van der Waals surface area (Å²) in [5.74, 6) is 0.447. The molecule has 0 radical (unpaired) electrons. The molecule has 1 aliphatic rings. The molecule has 26 heavy (non-hydrogen) atoms. The largest absolute Gasteiger partial charge is 0.484 e. The van der Waals surface area contributed by atoms with Gasteiger partial charge in [0.1, 0.15) is 5.75 Å². The number of fused-ring (bicyclic) bond motifs is 1. The number of nitrogens with one attached hydrogen (secondary N) is 1. The number of ether oxygens (including phenoxy) is 1. The van der Waals surface area contributed by atoms with E-state index >= 15 is 0 Å². The molecule has 2 aromatic rings. The molecule has 138 valence electrons. The van der Waals surface area contributed by atoms with Crippen LogP contribution in [0.4, 0.5) is 0 Å². The predicted octanol–water partition coefficient (Wildman–Crippen LogP) is 3.18. The number of thiophene rings is 1. The number of hydrogen-bond acceptors (Lipinski definition) is 4. The van der Waals surface area contributed by atoms with Gasteiger partial charge in [0.2, 0.25) is 5.91 Å². The Morgan fingerprint density at radius 1 is 1.35 bits per heavy atom. The zero-order valence-corrected chi connectivity index (χ0v) is 16.2. The Morgan fingerprint density at radius 2 is 2.19 bits per heavy atom. The van der Waals surface area contributed by atoms with Gasteiger partial charge in [-0.05, 0) is 54.1 Å². The topological polar surface area (TPSA) is 58.6 Å². The van der Waals surface area contributed by atoms with Crippen LogP contribution in [0.2, 0.25) is 5.02 Å². The van der Waals surface area contributed by atoms with Crippen molar-refractivity contribution < 1.29 is 14.3 Å². The highest BCUT2D eigenvalue weighted by Crippen LogP contribution is 2.24. The number of benzene rings is 1. The van der Waals surface area contributed by atoms with Crippen LogP contribution in [0, 0.1) is 6.92 Å². The number of carbonyl (C=O) groups is 2. The van der Waals surface area contributed by atoms with E-state index in [0.717, 1.165) is 18.5 Å². The number of rotatable bonds is 6. The predicted molar refractivity (Wildman–Crippen MR) is 103 cm³/mol. The van der Waals surface area contributed by atoms with Gasteiger partial charge in [-0.15, -0.1) is 11.3 Å². The molecule has 1 aromatic carbocycles. The second kappa shape index (κ2) is 8.56. The minimum Gasteiger partial charge on any atom is -0.484 e. The second-order valence-corrected chi connectivity index (χ2v) is 7.67. The Bertz CT molecular complexity index is 806. The van der Waals surface area contributed by atoms with Gasteiger partial charge in [-0.25, -0.2) is 0 Å². The number of amides is 2. The molecule has 2 amide bonds. The highest BCUT2D eigenvalue weighted by atomic mass is 35.5. The lowest BCUT2D eigenvalue weighted by Gasteiger charge is -2.27. The van der Waals surface area contributed by atoms with Crippen LogP contribution in [0.15, 0.2) is 29.6 Å². The first-order valence-electron chi connectivity index (χ1n) is 8.51. The SMILES string of the molecule is Cc1cc(Cl)ccc1OCC(=O)NCCC(=O)N1CCc2sccc2C1. The molecule has 0 fully saturated rings. The maximum absolute atomic E-state index is 12.3. The number of carbonyl (C=O) groups excluding carboxylic acids is 2. The van der Waals surface area contributed by atoms with E-state index in [1.807, 2.05) is 11.8 Å². The Labute approximate surface area is 161 Å². The summed E-state index contributed by atoms with van der Waals surface area (Å²) in [5.41, 5.74) is 2.11. The van der Waals surface area contributed by atoms with Crippen LogP contribution in [0.1, 0.15) is 22.4 Å². The van der Waals surface area contributed by atoms with E-state index in [4.69, 9.17) is 16.3 Å². The zero-order chi connectivity index (χ0) is 18.5. The van der Waals surface area contributed by atoms with E-state index < -0.39 is 0 Å². The number of halogens is 1. The summed E-state index contributed by atoms with van der Waals surface area (Å²) >= 11 is 7.64. The van der Waals surface area contributed by atoms with Crippen LogP contribution in [0.3, 0.4) is 0 Å². The molecular weight excluding hydrogens is 372 g/mol. The molecule has 0 aliphatic carbocycles. The maximum Gasteiger partial charge on any atom is 0.257 e. The number of aryl methyl sites for hydroxylation is 1. The van der Waals surface area contributed by atoms with E-state index in [9.17, 15) is 9.59 Å². The molecule has 0 saturated heterocycles. The van der Waals surface area contributed by atoms with Gasteiger partial charge in [0.15, 0.2) is 6.61 Å². The van der Waals surface area contributed by atoms with Gasteiger partial charge >= 0.3 is 0 Å². The normalized spacial score (nSPS) is 13.2. The molecule has 0 unspecified atom stereocenters. The molecule has 1 N–H and O–H groups in total. The molecule has 7 heteroatoms. The van der Waals surface area contributed by atoms with Gasteiger partial charge < -0.3 is 15.0 Å². The number of hydrogen-bond donors (Lipinski definition) is 1. The summed E-state index contributed by atoms with van der Waals surface area (Å²) in [4.78, 5) is 27.4. The van der Waals surface area contributed by atoms with E-state index in [0.29, 0.717) is 30.3 Å². The first-order valence-corrected chi connectivity index (χ1v) is 9.77. The van der Waals surface area contributed by atoms with E-state index in [2.05, 4.69) is 16.8 Å². The molecule has 0 atom stereocenters. The van der Waals surface area contributed by atoms with E-state index in [-0.39, 0.29) is 18.4 Å². The smallest absolute Gasteiger partial charge is 0.257 e. The second-order valence-electron chi connectivity index (χ2n) is 6.23. The Kier molecular flexibility index (Phi) is 6.16. The summed E-state index contributed by atoms with van der Waals surface area (Å²) < 4.78 is 5.49. The van der Waals surface area contributed by atoms with Crippen LogP contribution in [-0.4, -0.2) is 36.4 Å². The van der Waals surface area contributed by atoms with Crippen LogP contribution in [-0.2, 0) is 22.6 Å². The van der Waals surface area contributed by atoms with Crippen molar-refractivity contribution in [3.63, 3.8) is 0 Å². The van der Waals surface area contributed by atoms with Crippen molar-refractivity contribution in [3.05, 3.63) is 50.7 Å². The average molecular weight is 393 g/mol. The minimum absolute atomic E-state index is 0.0663. The summed E-state index contributed by atoms with van der Waals surface area (Å²) in [6, 6.07) is 7.32. The molecule has 5 nitrogen and oxygen atoms in total. The minimum atomic E-state index is -0.245. The summed E-state index contributed by atoms with van der Waals surface area (Å²) in [6.07, 6.45) is 1.21. The van der Waals surface area contributed by atoms with Crippen LogP contribution in [0.5, 0.6) is 5.75 Å². The number of nitrogens with zero attached hydrogens (tertiary/aromatic N) is 1. The molecule has 0 spiro atoms. The van der Waals surface area contributed by atoms with Crippen LogP contribution >= 0.6 is 22.9 Å². The fourth-order valence-electron chi connectivity index (χ4n) is 2.90. The van der Waals surface area contributed by atoms with Gasteiger partial charge in [-0.3, -0.25) is 9.59 Å². The lowest BCUT2D eigenvalue weighted by atomic mass is 10.1. The molecule has 1 aliphatic heterocycles. The lowest BCUT2D eigenvalue weighted by Crippen LogP contribution is -2.38. The first-order chi connectivity index (χ1) is 12.5. The van der Waals surface area contributed by atoms with E-state index in [1.54, 1.807) is 29.5 Å². The highest BCUT2D eigenvalue weighted by Gasteiger charge is 2.21. The van der Waals surface area contributed by atoms with Gasteiger partial charge in [-0.1, -0.05) is 11.6 Å². The fraction of sp³-hybridized carbons (Fsp3) is 0.368. The highest BCUT2D eigenvalue weighted by molar-refractivity contribution is 7.10. The third-order valence-corrected chi connectivity index (χ3v) is 5.58. The van der Waals surface area contributed by atoms with Gasteiger partial charge in [0.05, 0.1) is 0 Å². The van der Waals surface area contributed by atoms with Crippen molar-refractivity contribution in [2.75, 3.05) is 19.7 Å². The fourth-order valence-corrected chi connectivity index (χ4v) is 4.01. The first kappa shape index (κ1) is 18.7. The Balaban J connectivity index is 1.38. The van der Waals surface area contributed by atoms with E-state index in [1.165, 1.54) is 10.4 Å². The average Bonchev–Trinajstić information content (AvgIpc) is 3.08. The summed E-state index contributed by atoms with van der Waals surface area (Å²) in [7, 11) is 0. The van der Waals surface area contributed by atoms with Gasteiger partial charge in [0, 0.05) is 36.0 Å². The van der Waals surface area contributed by atoms with Crippen molar-refractivity contribution >= 4 is 34.8 Å². The molecule has 2 heterocycles. The molecule has 3 rings (SSSR count). The molecule has 0 saturated carbocycles. The Hall–Kier alpha value is -2.05. The third-order valence-electron chi connectivity index (χ3n) is 4.32. The van der Waals surface area contributed by atoms with Crippen LogP contribution < -0.4 is 10.1 Å². The maximum atomic E-state index is 12.3. The van der Waals surface area contributed by atoms with Gasteiger partial charge in [-0.2, -0.15) is 0 Å². The van der Waals surface area contributed by atoms with Crippen molar-refractivity contribution in [2.45, 2.75) is 26.3 Å². The van der Waals surface area contributed by atoms with Crippen LogP contribution in [0.25, 0.3) is 0 Å². The van der Waals surface area contributed by atoms with Crippen molar-refractivity contribution in [1.29, 1.82) is 0 Å². The molecule has 0 bridgehead atoms. The summed E-state index contributed by atoms with van der Waals surface area (Å²) in [5, 5.41) is 5.43. The zero-order valence-electron chi connectivity index (χ0n) is 14.6. The lowest BCUT2D eigenvalue weighted by molar-refractivity contribution is -0.132.